The van der Waals surface area contributed by atoms with Crippen molar-refractivity contribution in [2.75, 3.05) is 6.61 Å². The average Bonchev–Trinajstić information content (AvgIpc) is 3.12. The number of aliphatic hydroxyl groups is 3. The van der Waals surface area contributed by atoms with Crippen LogP contribution in [0.1, 0.15) is 200 Å². The Balaban J connectivity index is 3.79. The Labute approximate surface area is 316 Å². The molecule has 0 radical (unpaired) electrons. The maximum atomic E-state index is 12.4. The molecule has 0 saturated carbocycles. The van der Waals surface area contributed by atoms with Crippen molar-refractivity contribution >= 4 is 5.91 Å². The van der Waals surface area contributed by atoms with E-state index < -0.39 is 18.2 Å². The monoisotopic (exact) mass is 714 g/mol. The first-order valence-electron chi connectivity index (χ1n) is 21.6. The predicted molar refractivity (Wildman–Crippen MR) is 222 cm³/mol. The minimum absolute atomic E-state index is 0.00980. The van der Waals surface area contributed by atoms with Gasteiger partial charge in [-0.15, -0.1) is 0 Å². The van der Waals surface area contributed by atoms with Gasteiger partial charge in [-0.05, 0) is 77.0 Å². The zero-order valence-corrected chi connectivity index (χ0v) is 33.5. The van der Waals surface area contributed by atoms with Gasteiger partial charge in [-0.3, -0.25) is 4.79 Å². The Hall–Kier alpha value is -1.95. The number of carbonyl (C=O) groups is 1. The SMILES string of the molecule is CCCCC/C=C\C/C=C\CCCCCCCC(O)CC(=O)NC(CO)C(O)/C=C/CC/C=C/CC/C=C/CCCCCCCCCCCCC. The highest BCUT2D eigenvalue weighted by Crippen LogP contribution is 2.13. The summed E-state index contributed by atoms with van der Waals surface area (Å²) >= 11 is 0. The van der Waals surface area contributed by atoms with Crippen LogP contribution in [0.3, 0.4) is 0 Å². The van der Waals surface area contributed by atoms with Gasteiger partial charge in [0.2, 0.25) is 5.91 Å². The fourth-order valence-corrected chi connectivity index (χ4v) is 6.16. The molecule has 3 atom stereocenters. The van der Waals surface area contributed by atoms with Crippen LogP contribution in [0.2, 0.25) is 0 Å². The van der Waals surface area contributed by atoms with Gasteiger partial charge in [0.25, 0.3) is 0 Å². The Bertz CT molecular complexity index is 876. The van der Waals surface area contributed by atoms with Gasteiger partial charge in [0.05, 0.1) is 31.3 Å². The first-order chi connectivity index (χ1) is 25.0. The lowest BCUT2D eigenvalue weighted by Crippen LogP contribution is -2.45. The minimum Gasteiger partial charge on any atom is -0.394 e. The van der Waals surface area contributed by atoms with E-state index in [2.05, 4.69) is 67.8 Å². The molecule has 0 bridgehead atoms. The van der Waals surface area contributed by atoms with Crippen molar-refractivity contribution in [1.82, 2.24) is 5.32 Å². The van der Waals surface area contributed by atoms with Gasteiger partial charge in [0.1, 0.15) is 0 Å². The third-order valence-electron chi connectivity index (χ3n) is 9.51. The molecule has 0 heterocycles. The van der Waals surface area contributed by atoms with Crippen molar-refractivity contribution in [2.24, 2.45) is 0 Å². The summed E-state index contributed by atoms with van der Waals surface area (Å²) in [6, 6.07) is -0.774. The van der Waals surface area contributed by atoms with E-state index in [-0.39, 0.29) is 18.9 Å². The summed E-state index contributed by atoms with van der Waals surface area (Å²) in [7, 11) is 0. The fraction of sp³-hybridized carbons (Fsp3) is 0.761. The van der Waals surface area contributed by atoms with Crippen LogP contribution in [-0.4, -0.2) is 46.1 Å². The summed E-state index contributed by atoms with van der Waals surface area (Å²) in [4.78, 5) is 12.4. The number of hydrogen-bond acceptors (Lipinski definition) is 4. The van der Waals surface area contributed by atoms with Crippen LogP contribution in [0.25, 0.3) is 0 Å². The first-order valence-corrected chi connectivity index (χ1v) is 21.6. The fourth-order valence-electron chi connectivity index (χ4n) is 6.16. The van der Waals surface area contributed by atoms with Crippen molar-refractivity contribution in [3.63, 3.8) is 0 Å². The molecule has 1 amide bonds. The van der Waals surface area contributed by atoms with Gasteiger partial charge in [0, 0.05) is 0 Å². The molecule has 0 aromatic rings. The Kier molecular flexibility index (Phi) is 39.3. The van der Waals surface area contributed by atoms with E-state index >= 15 is 0 Å². The highest BCUT2D eigenvalue weighted by molar-refractivity contribution is 5.76. The molecule has 0 aliphatic carbocycles. The third kappa shape index (κ3) is 37.6. The normalized spacial score (nSPS) is 14.2. The molecule has 296 valence electrons. The molecule has 5 heteroatoms. The summed E-state index contributed by atoms with van der Waals surface area (Å²) in [5.74, 6) is -0.340. The molecular formula is C46H83NO4. The summed E-state index contributed by atoms with van der Waals surface area (Å²) in [6.07, 6.45) is 53.6. The van der Waals surface area contributed by atoms with Crippen molar-refractivity contribution < 1.29 is 20.1 Å². The van der Waals surface area contributed by atoms with E-state index in [0.29, 0.717) is 6.42 Å². The molecular weight excluding hydrogens is 631 g/mol. The molecule has 3 unspecified atom stereocenters. The lowest BCUT2D eigenvalue weighted by Gasteiger charge is -2.20. The van der Waals surface area contributed by atoms with Crippen LogP contribution in [-0.2, 0) is 4.79 Å². The van der Waals surface area contributed by atoms with Crippen LogP contribution in [0.4, 0.5) is 0 Å². The number of amides is 1. The molecule has 0 fully saturated rings. The van der Waals surface area contributed by atoms with Crippen molar-refractivity contribution in [2.45, 2.75) is 218 Å². The topological polar surface area (TPSA) is 89.8 Å². The summed E-state index contributed by atoms with van der Waals surface area (Å²) in [5.41, 5.74) is 0. The number of rotatable bonds is 38. The molecule has 0 aromatic heterocycles. The van der Waals surface area contributed by atoms with Gasteiger partial charge < -0.3 is 20.6 Å². The number of unbranched alkanes of at least 4 members (excludes halogenated alkanes) is 21. The van der Waals surface area contributed by atoms with E-state index in [1.807, 2.05) is 6.08 Å². The standard InChI is InChI=1S/C46H83NO4/c1-3-5-7-9-11-13-15-17-19-20-21-22-23-24-26-28-30-32-34-36-38-40-45(50)44(42-48)47-46(51)41-43(49)39-37-35-33-31-29-27-25-18-16-14-12-10-8-6-4-2/h12,14,18,23-25,30,32,38,40,43-45,48-50H,3-11,13,15-17,19-22,26-29,31,33-37,39,41-42H2,1-2H3,(H,47,51)/b14-12-,24-23+,25-18-,32-30+,40-38+. The van der Waals surface area contributed by atoms with Gasteiger partial charge in [-0.2, -0.15) is 0 Å². The Morgan fingerprint density at radius 2 is 0.902 bits per heavy atom. The summed E-state index contributed by atoms with van der Waals surface area (Å²) in [5, 5.41) is 33.1. The molecule has 0 rings (SSSR count). The quantitative estimate of drug-likeness (QED) is 0.0379. The summed E-state index contributed by atoms with van der Waals surface area (Å²) in [6.45, 7) is 4.16. The zero-order chi connectivity index (χ0) is 37.3. The van der Waals surface area contributed by atoms with E-state index in [0.717, 1.165) is 57.8 Å². The summed E-state index contributed by atoms with van der Waals surface area (Å²) < 4.78 is 0. The average molecular weight is 714 g/mol. The van der Waals surface area contributed by atoms with Gasteiger partial charge in [-0.25, -0.2) is 0 Å². The minimum atomic E-state index is -0.965. The predicted octanol–water partition coefficient (Wildman–Crippen LogP) is 12.3. The molecule has 51 heavy (non-hydrogen) atoms. The van der Waals surface area contributed by atoms with Gasteiger partial charge in [0.15, 0.2) is 0 Å². The second-order valence-corrected chi connectivity index (χ2v) is 14.6. The zero-order valence-electron chi connectivity index (χ0n) is 33.5. The highest BCUT2D eigenvalue weighted by Gasteiger charge is 2.20. The number of nitrogens with one attached hydrogen (secondary N) is 1. The van der Waals surface area contributed by atoms with E-state index in [9.17, 15) is 20.1 Å². The van der Waals surface area contributed by atoms with Crippen molar-refractivity contribution in [1.29, 1.82) is 0 Å². The molecule has 0 spiro atoms. The van der Waals surface area contributed by atoms with E-state index in [4.69, 9.17) is 0 Å². The second kappa shape index (κ2) is 40.8. The molecule has 0 saturated heterocycles. The Morgan fingerprint density at radius 3 is 1.41 bits per heavy atom. The molecule has 0 aromatic carbocycles. The largest absolute Gasteiger partial charge is 0.394 e. The van der Waals surface area contributed by atoms with Crippen LogP contribution in [0.5, 0.6) is 0 Å². The highest BCUT2D eigenvalue weighted by atomic mass is 16.3. The molecule has 5 nitrogen and oxygen atoms in total. The lowest BCUT2D eigenvalue weighted by atomic mass is 10.0. The molecule has 0 aliphatic rings. The molecule has 4 N–H and O–H groups in total. The van der Waals surface area contributed by atoms with E-state index in [1.54, 1.807) is 6.08 Å². The number of allylic oxidation sites excluding steroid dienone is 9. The lowest BCUT2D eigenvalue weighted by molar-refractivity contribution is -0.124. The Morgan fingerprint density at radius 1 is 0.510 bits per heavy atom. The second-order valence-electron chi connectivity index (χ2n) is 14.6. The first kappa shape index (κ1) is 49.0. The number of carbonyl (C=O) groups excluding carboxylic acids is 1. The van der Waals surface area contributed by atoms with Crippen LogP contribution >= 0.6 is 0 Å². The van der Waals surface area contributed by atoms with E-state index in [1.165, 1.54) is 116 Å². The maximum absolute atomic E-state index is 12.4. The van der Waals surface area contributed by atoms with Crippen LogP contribution < -0.4 is 5.32 Å². The molecule has 0 aliphatic heterocycles. The van der Waals surface area contributed by atoms with Crippen molar-refractivity contribution in [3.8, 4) is 0 Å². The smallest absolute Gasteiger partial charge is 0.222 e. The maximum Gasteiger partial charge on any atom is 0.222 e. The number of hydrogen-bond donors (Lipinski definition) is 4. The number of aliphatic hydroxyl groups excluding tert-OH is 3. The van der Waals surface area contributed by atoms with Gasteiger partial charge in [-0.1, -0.05) is 177 Å². The van der Waals surface area contributed by atoms with Crippen LogP contribution in [0, 0.1) is 0 Å². The van der Waals surface area contributed by atoms with Crippen LogP contribution in [0.15, 0.2) is 60.8 Å². The van der Waals surface area contributed by atoms with Gasteiger partial charge >= 0.3 is 0 Å². The third-order valence-corrected chi connectivity index (χ3v) is 9.51. The van der Waals surface area contributed by atoms with Crippen molar-refractivity contribution in [3.05, 3.63) is 60.8 Å².